The molecule has 0 amide bonds. The van der Waals surface area contributed by atoms with Gasteiger partial charge in [-0.25, -0.2) is 4.57 Å². The fraction of sp³-hybridized carbons (Fsp3) is 0.500. The summed E-state index contributed by atoms with van der Waals surface area (Å²) in [6.45, 7) is 3.35. The van der Waals surface area contributed by atoms with Crippen molar-refractivity contribution in [3.63, 3.8) is 0 Å². The van der Waals surface area contributed by atoms with Gasteiger partial charge in [-0.15, -0.1) is 0 Å². The smallest absolute Gasteiger partial charge is 0.324 e. The van der Waals surface area contributed by atoms with Crippen LogP contribution in [0, 0.1) is 22.0 Å². The van der Waals surface area contributed by atoms with E-state index in [9.17, 15) is 10.1 Å². The molecule has 0 aliphatic rings. The van der Waals surface area contributed by atoms with Crippen LogP contribution in [0.4, 0.5) is 5.82 Å². The molecule has 0 spiro atoms. The van der Waals surface area contributed by atoms with Crippen molar-refractivity contribution in [3.05, 3.63) is 27.9 Å². The Morgan fingerprint density at radius 1 is 1.56 bits per heavy atom. The summed E-state index contributed by atoms with van der Waals surface area (Å²) in [6.07, 6.45) is 0.873. The second-order valence-electron chi connectivity index (χ2n) is 4.19. The Balaban J connectivity index is 2.91. The van der Waals surface area contributed by atoms with Crippen molar-refractivity contribution < 1.29 is 15.1 Å². The molecule has 0 aliphatic carbocycles. The number of rotatable bonds is 4. The zero-order chi connectivity index (χ0) is 13.7. The largest absolute Gasteiger partial charge is 0.394 e. The molecule has 1 unspecified atom stereocenters. The molecule has 1 aromatic rings. The molecule has 0 aliphatic heterocycles. The molecule has 1 atom stereocenters. The third-order valence-electron chi connectivity index (χ3n) is 2.35. The number of nitro groups is 1. The number of hydrogen-bond donors (Lipinski definition) is 2. The second-order valence-corrected chi connectivity index (χ2v) is 4.19. The van der Waals surface area contributed by atoms with E-state index in [-0.39, 0.29) is 24.9 Å². The van der Waals surface area contributed by atoms with E-state index in [0.717, 1.165) is 0 Å². The molecule has 0 radical (unpaired) electrons. The van der Waals surface area contributed by atoms with Crippen LogP contribution in [0.25, 0.3) is 0 Å². The van der Waals surface area contributed by atoms with Gasteiger partial charge < -0.3 is 20.3 Å². The summed E-state index contributed by atoms with van der Waals surface area (Å²) in [5.41, 5.74) is 0.528. The van der Waals surface area contributed by atoms with Gasteiger partial charge in [0.1, 0.15) is 6.20 Å². The first-order chi connectivity index (χ1) is 8.45. The van der Waals surface area contributed by atoms with E-state index in [1.54, 1.807) is 6.20 Å². The van der Waals surface area contributed by atoms with Gasteiger partial charge in [0.15, 0.2) is 0 Å². The lowest BCUT2D eigenvalue weighted by Gasteiger charge is -2.03. The van der Waals surface area contributed by atoms with Crippen LogP contribution in [0.5, 0.6) is 0 Å². The predicted octanol–water partition coefficient (Wildman–Crippen LogP) is 1.07. The van der Waals surface area contributed by atoms with Gasteiger partial charge in [0, 0.05) is 6.42 Å². The van der Waals surface area contributed by atoms with Gasteiger partial charge in [-0.2, -0.15) is 0 Å². The van der Waals surface area contributed by atoms with Gasteiger partial charge in [-0.1, -0.05) is 11.8 Å². The highest BCUT2D eigenvalue weighted by molar-refractivity contribution is 5.41. The Labute approximate surface area is 105 Å². The van der Waals surface area contributed by atoms with Crippen LogP contribution >= 0.6 is 0 Å². The van der Waals surface area contributed by atoms with Gasteiger partial charge in [0.2, 0.25) is 0 Å². The molecule has 6 nitrogen and oxygen atoms in total. The lowest BCUT2D eigenvalue weighted by atomic mass is 10.2. The molecule has 1 aromatic heterocycles. The number of aromatic nitrogens is 1. The Hall–Kier alpha value is -1.84. The average Bonchev–Trinajstić information content (AvgIpc) is 2.73. The van der Waals surface area contributed by atoms with Gasteiger partial charge in [-0.05, 0) is 18.8 Å². The van der Waals surface area contributed by atoms with Gasteiger partial charge in [0.25, 0.3) is 0 Å². The van der Waals surface area contributed by atoms with Crippen LogP contribution in [0.3, 0.4) is 0 Å². The minimum atomic E-state index is -0.875. The van der Waals surface area contributed by atoms with Crippen molar-refractivity contribution >= 4 is 5.82 Å². The number of aliphatic hydroxyl groups is 2. The average molecular weight is 252 g/mol. The van der Waals surface area contributed by atoms with E-state index in [2.05, 4.69) is 11.8 Å². The zero-order valence-corrected chi connectivity index (χ0v) is 10.3. The maximum atomic E-state index is 10.8. The van der Waals surface area contributed by atoms with Crippen LogP contribution in [-0.4, -0.2) is 32.4 Å². The predicted molar refractivity (Wildman–Crippen MR) is 66.1 cm³/mol. The van der Waals surface area contributed by atoms with Gasteiger partial charge >= 0.3 is 5.82 Å². The first-order valence-corrected chi connectivity index (χ1v) is 5.59. The van der Waals surface area contributed by atoms with E-state index < -0.39 is 11.0 Å². The van der Waals surface area contributed by atoms with Crippen LogP contribution in [-0.2, 0) is 0 Å². The lowest BCUT2D eigenvalue weighted by molar-refractivity contribution is -0.392. The summed E-state index contributed by atoms with van der Waals surface area (Å²) in [7, 11) is 0. The summed E-state index contributed by atoms with van der Waals surface area (Å²) < 4.78 is 1.53. The number of hydrogen-bond acceptors (Lipinski definition) is 4. The van der Waals surface area contributed by atoms with E-state index in [4.69, 9.17) is 10.2 Å². The third-order valence-corrected chi connectivity index (χ3v) is 2.35. The summed E-state index contributed by atoms with van der Waals surface area (Å²) in [6, 6.07) is 1.38. The zero-order valence-electron chi connectivity index (χ0n) is 10.3. The van der Waals surface area contributed by atoms with Crippen molar-refractivity contribution in [3.8, 4) is 11.8 Å². The van der Waals surface area contributed by atoms with Crippen LogP contribution in [0.2, 0.25) is 0 Å². The van der Waals surface area contributed by atoms with Crippen molar-refractivity contribution in [2.24, 2.45) is 0 Å². The van der Waals surface area contributed by atoms with Crippen molar-refractivity contribution in [1.29, 1.82) is 0 Å². The highest BCUT2D eigenvalue weighted by atomic mass is 16.6. The molecule has 0 saturated carbocycles. The van der Waals surface area contributed by atoms with E-state index in [1.807, 2.05) is 13.8 Å². The summed E-state index contributed by atoms with van der Waals surface area (Å²) in [5.74, 6) is 5.41. The normalized spacial score (nSPS) is 12.1. The molecule has 1 heterocycles. The maximum absolute atomic E-state index is 10.8. The molecule has 0 aromatic carbocycles. The summed E-state index contributed by atoms with van der Waals surface area (Å²) in [5, 5.41) is 28.6. The highest BCUT2D eigenvalue weighted by Gasteiger charge is 2.17. The number of aliphatic hydroxyl groups excluding tert-OH is 2. The van der Waals surface area contributed by atoms with E-state index in [1.165, 1.54) is 10.6 Å². The first-order valence-electron chi connectivity index (χ1n) is 5.59. The molecule has 6 heteroatoms. The molecule has 0 bridgehead atoms. The molecule has 0 saturated heterocycles. The second kappa shape index (κ2) is 6.19. The van der Waals surface area contributed by atoms with Crippen LogP contribution in [0.1, 0.15) is 31.9 Å². The minimum Gasteiger partial charge on any atom is -0.394 e. The molecular weight excluding hydrogens is 236 g/mol. The lowest BCUT2D eigenvalue weighted by Crippen LogP contribution is -2.09. The Morgan fingerprint density at radius 3 is 2.67 bits per heavy atom. The van der Waals surface area contributed by atoms with E-state index >= 15 is 0 Å². The van der Waals surface area contributed by atoms with Crippen molar-refractivity contribution in [2.75, 3.05) is 6.61 Å². The molecule has 18 heavy (non-hydrogen) atoms. The summed E-state index contributed by atoms with van der Waals surface area (Å²) in [4.78, 5) is 10.4. The van der Waals surface area contributed by atoms with E-state index in [0.29, 0.717) is 5.56 Å². The molecule has 0 fully saturated rings. The molecule has 1 rings (SSSR count). The Kier molecular flexibility index (Phi) is 4.89. The topological polar surface area (TPSA) is 88.5 Å². The van der Waals surface area contributed by atoms with Crippen molar-refractivity contribution in [2.45, 2.75) is 32.4 Å². The molecular formula is C12H16N2O4. The van der Waals surface area contributed by atoms with Crippen LogP contribution in [0.15, 0.2) is 12.3 Å². The highest BCUT2D eigenvalue weighted by Crippen LogP contribution is 2.21. The number of nitrogens with zero attached hydrogens (tertiary/aromatic N) is 2. The maximum Gasteiger partial charge on any atom is 0.324 e. The van der Waals surface area contributed by atoms with Crippen LogP contribution < -0.4 is 0 Å². The third kappa shape index (κ3) is 3.58. The Bertz CT molecular complexity index is 482. The van der Waals surface area contributed by atoms with Crippen molar-refractivity contribution in [1.82, 2.24) is 4.57 Å². The minimum absolute atomic E-state index is 0.00277. The quantitative estimate of drug-likeness (QED) is 0.476. The fourth-order valence-electron chi connectivity index (χ4n) is 1.43. The summed E-state index contributed by atoms with van der Waals surface area (Å²) >= 11 is 0. The van der Waals surface area contributed by atoms with Gasteiger partial charge in [-0.3, -0.25) is 0 Å². The van der Waals surface area contributed by atoms with Gasteiger partial charge in [0.05, 0.1) is 30.4 Å². The SMILES string of the molecule is CC(C)n1cc(C#CCC(O)CO)cc1[N+](=O)[O-]. The Morgan fingerprint density at radius 2 is 2.22 bits per heavy atom. The molecule has 2 N–H and O–H groups in total. The first kappa shape index (κ1) is 14.2. The monoisotopic (exact) mass is 252 g/mol. The molecule has 98 valence electrons. The standard InChI is InChI=1S/C12H16N2O4/c1-9(2)13-7-10(6-12(13)14(17)18)4-3-5-11(16)8-15/h6-7,9,11,15-16H,5,8H2,1-2H3. The fourth-order valence-corrected chi connectivity index (χ4v) is 1.43.